The normalized spacial score (nSPS) is 11.4. The van der Waals surface area contributed by atoms with Gasteiger partial charge in [-0.15, -0.1) is 0 Å². The molecule has 0 saturated carbocycles. The van der Waals surface area contributed by atoms with Crippen molar-refractivity contribution in [1.29, 1.82) is 0 Å². The number of thiazole rings is 1. The van der Waals surface area contributed by atoms with E-state index in [-0.39, 0.29) is 0 Å². The third-order valence-electron chi connectivity index (χ3n) is 5.90. The standard InChI is InChI=1S/C27H40N2OS/c1-3-5-7-9-10-11-13-15-24-21-29-22-26(31-27(29)28-24)23-16-18-25(19-17-23)30-20-14-12-8-6-4-2/h16-19,21-22H,3-15,20H2,1-2H3. The Morgan fingerprint density at radius 3 is 2.10 bits per heavy atom. The molecule has 31 heavy (non-hydrogen) atoms. The van der Waals surface area contributed by atoms with Crippen molar-refractivity contribution in [2.24, 2.45) is 0 Å². The van der Waals surface area contributed by atoms with Gasteiger partial charge in [0, 0.05) is 12.4 Å². The lowest BCUT2D eigenvalue weighted by atomic mass is 10.1. The van der Waals surface area contributed by atoms with Crippen molar-refractivity contribution >= 4 is 16.3 Å². The average molecular weight is 441 g/mol. The van der Waals surface area contributed by atoms with Gasteiger partial charge in [-0.05, 0) is 49.1 Å². The lowest BCUT2D eigenvalue weighted by Crippen LogP contribution is -1.97. The molecule has 0 spiro atoms. The van der Waals surface area contributed by atoms with Gasteiger partial charge in [0.1, 0.15) is 5.75 Å². The molecule has 170 valence electrons. The fraction of sp³-hybridized carbons (Fsp3) is 0.593. The summed E-state index contributed by atoms with van der Waals surface area (Å²) in [6.45, 7) is 5.34. The molecule has 3 rings (SSSR count). The number of unbranched alkanes of at least 4 members (excludes halogenated alkanes) is 10. The van der Waals surface area contributed by atoms with Crippen LogP contribution >= 0.6 is 11.3 Å². The zero-order valence-corrected chi connectivity index (χ0v) is 20.4. The van der Waals surface area contributed by atoms with Crippen LogP contribution in [0, 0.1) is 0 Å². The van der Waals surface area contributed by atoms with Gasteiger partial charge in [0.25, 0.3) is 0 Å². The third kappa shape index (κ3) is 7.99. The number of nitrogens with zero attached hydrogens (tertiary/aromatic N) is 2. The van der Waals surface area contributed by atoms with Gasteiger partial charge in [0.15, 0.2) is 4.96 Å². The lowest BCUT2D eigenvalue weighted by molar-refractivity contribution is 0.304. The maximum atomic E-state index is 5.90. The SMILES string of the molecule is CCCCCCCCCc1cn2cc(-c3ccc(OCCCCCCC)cc3)sc2n1. The number of hydrogen-bond donors (Lipinski definition) is 0. The number of fused-ring (bicyclic) bond motifs is 1. The number of rotatable bonds is 16. The summed E-state index contributed by atoms with van der Waals surface area (Å²) in [5.74, 6) is 0.970. The van der Waals surface area contributed by atoms with Crippen LogP contribution in [0.5, 0.6) is 5.75 Å². The molecule has 0 aliphatic rings. The first-order valence-corrected chi connectivity index (χ1v) is 13.3. The van der Waals surface area contributed by atoms with Crippen LogP contribution < -0.4 is 4.74 Å². The van der Waals surface area contributed by atoms with Crippen LogP contribution in [-0.2, 0) is 6.42 Å². The molecule has 0 saturated heterocycles. The van der Waals surface area contributed by atoms with E-state index in [1.807, 2.05) is 0 Å². The molecule has 1 aromatic carbocycles. The summed E-state index contributed by atoms with van der Waals surface area (Å²) in [7, 11) is 0. The van der Waals surface area contributed by atoms with E-state index in [0.29, 0.717) is 0 Å². The number of aromatic nitrogens is 2. The van der Waals surface area contributed by atoms with Gasteiger partial charge in [-0.3, -0.25) is 4.40 Å². The van der Waals surface area contributed by atoms with Crippen molar-refractivity contribution in [3.63, 3.8) is 0 Å². The predicted molar refractivity (Wildman–Crippen MR) is 134 cm³/mol. The van der Waals surface area contributed by atoms with Crippen molar-refractivity contribution in [1.82, 2.24) is 9.38 Å². The highest BCUT2D eigenvalue weighted by atomic mass is 32.1. The van der Waals surface area contributed by atoms with Crippen molar-refractivity contribution < 1.29 is 4.74 Å². The number of aryl methyl sites for hydroxylation is 1. The monoisotopic (exact) mass is 440 g/mol. The van der Waals surface area contributed by atoms with Gasteiger partial charge in [-0.2, -0.15) is 0 Å². The van der Waals surface area contributed by atoms with Gasteiger partial charge in [-0.1, -0.05) is 89.4 Å². The summed E-state index contributed by atoms with van der Waals surface area (Å²) in [6.07, 6.45) is 21.3. The van der Waals surface area contributed by atoms with E-state index in [2.05, 4.69) is 54.9 Å². The fourth-order valence-electron chi connectivity index (χ4n) is 3.97. The Labute approximate surface area is 192 Å². The quantitative estimate of drug-likeness (QED) is 0.208. The Balaban J connectivity index is 1.42. The van der Waals surface area contributed by atoms with Crippen LogP contribution in [0.15, 0.2) is 36.7 Å². The largest absolute Gasteiger partial charge is 0.494 e. The van der Waals surface area contributed by atoms with Gasteiger partial charge in [0.05, 0.1) is 17.2 Å². The number of ether oxygens (including phenoxy) is 1. The van der Waals surface area contributed by atoms with E-state index in [1.54, 1.807) is 11.3 Å². The molecular formula is C27H40N2OS. The van der Waals surface area contributed by atoms with Crippen LogP contribution in [0.2, 0.25) is 0 Å². The Morgan fingerprint density at radius 2 is 1.42 bits per heavy atom. The van der Waals surface area contributed by atoms with Crippen molar-refractivity contribution in [3.8, 4) is 16.2 Å². The minimum absolute atomic E-state index is 0.817. The summed E-state index contributed by atoms with van der Waals surface area (Å²) >= 11 is 1.77. The first-order valence-electron chi connectivity index (χ1n) is 12.5. The van der Waals surface area contributed by atoms with Crippen molar-refractivity contribution in [2.75, 3.05) is 6.61 Å². The summed E-state index contributed by atoms with van der Waals surface area (Å²) in [5, 5.41) is 0. The van der Waals surface area contributed by atoms with Crippen LogP contribution in [-0.4, -0.2) is 16.0 Å². The maximum absolute atomic E-state index is 5.90. The first-order chi connectivity index (χ1) is 15.3. The zero-order chi connectivity index (χ0) is 21.7. The van der Waals surface area contributed by atoms with Crippen LogP contribution in [0.4, 0.5) is 0 Å². The molecule has 4 heteroatoms. The molecule has 0 aliphatic heterocycles. The molecule has 3 nitrogen and oxygen atoms in total. The highest BCUT2D eigenvalue weighted by molar-refractivity contribution is 7.20. The third-order valence-corrected chi connectivity index (χ3v) is 6.94. The summed E-state index contributed by atoms with van der Waals surface area (Å²) in [4.78, 5) is 7.21. The van der Waals surface area contributed by atoms with E-state index in [0.717, 1.165) is 30.2 Å². The van der Waals surface area contributed by atoms with Gasteiger partial charge in [0.2, 0.25) is 0 Å². The Hall–Kier alpha value is -1.81. The number of hydrogen-bond acceptors (Lipinski definition) is 3. The Kier molecular flexibility index (Phi) is 10.4. The van der Waals surface area contributed by atoms with E-state index in [4.69, 9.17) is 9.72 Å². The van der Waals surface area contributed by atoms with E-state index >= 15 is 0 Å². The van der Waals surface area contributed by atoms with Crippen LogP contribution in [0.3, 0.4) is 0 Å². The maximum Gasteiger partial charge on any atom is 0.194 e. The van der Waals surface area contributed by atoms with E-state index in [9.17, 15) is 0 Å². The number of imidazole rings is 1. The molecule has 0 atom stereocenters. The molecular weight excluding hydrogens is 400 g/mol. The molecule has 0 fully saturated rings. The second-order valence-corrected chi connectivity index (χ2v) is 9.68. The summed E-state index contributed by atoms with van der Waals surface area (Å²) in [6, 6.07) is 8.51. The first kappa shape index (κ1) is 23.8. The molecule has 2 aromatic heterocycles. The molecule has 0 aliphatic carbocycles. The van der Waals surface area contributed by atoms with E-state index in [1.165, 1.54) is 86.8 Å². The molecule has 0 unspecified atom stereocenters. The molecule has 2 heterocycles. The molecule has 0 amide bonds. The Bertz CT molecular complexity index is 834. The predicted octanol–water partition coefficient (Wildman–Crippen LogP) is 8.71. The minimum atomic E-state index is 0.817. The highest BCUT2D eigenvalue weighted by Gasteiger charge is 2.08. The van der Waals surface area contributed by atoms with E-state index < -0.39 is 0 Å². The lowest BCUT2D eigenvalue weighted by Gasteiger charge is -2.06. The van der Waals surface area contributed by atoms with Crippen molar-refractivity contribution in [3.05, 3.63) is 42.4 Å². The zero-order valence-electron chi connectivity index (χ0n) is 19.6. The van der Waals surface area contributed by atoms with Crippen molar-refractivity contribution in [2.45, 2.75) is 97.3 Å². The van der Waals surface area contributed by atoms with Crippen LogP contribution in [0.1, 0.15) is 96.6 Å². The molecule has 3 aromatic rings. The van der Waals surface area contributed by atoms with Gasteiger partial charge >= 0.3 is 0 Å². The summed E-state index contributed by atoms with van der Waals surface area (Å²) in [5.41, 5.74) is 2.47. The van der Waals surface area contributed by atoms with Gasteiger partial charge in [-0.25, -0.2) is 4.98 Å². The van der Waals surface area contributed by atoms with Crippen LogP contribution in [0.25, 0.3) is 15.4 Å². The number of benzene rings is 1. The molecule has 0 N–H and O–H groups in total. The average Bonchev–Trinajstić information content (AvgIpc) is 3.35. The molecule has 0 bridgehead atoms. The Morgan fingerprint density at radius 1 is 0.774 bits per heavy atom. The second-order valence-electron chi connectivity index (χ2n) is 8.68. The molecule has 0 radical (unpaired) electrons. The fourth-order valence-corrected chi connectivity index (χ4v) is 4.96. The summed E-state index contributed by atoms with van der Waals surface area (Å²) < 4.78 is 8.09. The smallest absolute Gasteiger partial charge is 0.194 e. The van der Waals surface area contributed by atoms with Gasteiger partial charge < -0.3 is 4.74 Å². The highest BCUT2D eigenvalue weighted by Crippen LogP contribution is 2.30. The second kappa shape index (κ2) is 13.6. The minimum Gasteiger partial charge on any atom is -0.494 e. The topological polar surface area (TPSA) is 26.5 Å².